The second-order valence-corrected chi connectivity index (χ2v) is 6.51. The zero-order valence-corrected chi connectivity index (χ0v) is 13.1. The Morgan fingerprint density at radius 2 is 2.25 bits per heavy atom. The van der Waals surface area contributed by atoms with E-state index >= 15 is 0 Å². The lowest BCUT2D eigenvalue weighted by Gasteiger charge is -2.07. The SMILES string of the molecule is Cc1nn(C)c(Sc2ccc(Cl)cn2)c1CNC1CC1. The van der Waals surface area contributed by atoms with Crippen LogP contribution in [0, 0.1) is 6.92 Å². The summed E-state index contributed by atoms with van der Waals surface area (Å²) in [5, 5.41) is 10.8. The molecule has 2 aromatic heterocycles. The van der Waals surface area contributed by atoms with Crippen molar-refractivity contribution in [2.75, 3.05) is 0 Å². The van der Waals surface area contributed by atoms with Crippen LogP contribution < -0.4 is 5.32 Å². The highest BCUT2D eigenvalue weighted by Gasteiger charge is 2.22. The minimum absolute atomic E-state index is 0.658. The third kappa shape index (κ3) is 3.16. The van der Waals surface area contributed by atoms with Gasteiger partial charge in [0.2, 0.25) is 0 Å². The fourth-order valence-corrected chi connectivity index (χ4v) is 3.13. The van der Waals surface area contributed by atoms with E-state index in [1.54, 1.807) is 18.0 Å². The number of nitrogens with one attached hydrogen (secondary N) is 1. The molecule has 1 aliphatic carbocycles. The van der Waals surface area contributed by atoms with Gasteiger partial charge < -0.3 is 5.32 Å². The summed E-state index contributed by atoms with van der Waals surface area (Å²) in [7, 11) is 1.98. The Morgan fingerprint density at radius 3 is 2.90 bits per heavy atom. The molecule has 2 aromatic rings. The van der Waals surface area contributed by atoms with Crippen molar-refractivity contribution < 1.29 is 0 Å². The van der Waals surface area contributed by atoms with E-state index in [9.17, 15) is 0 Å². The summed E-state index contributed by atoms with van der Waals surface area (Å²) < 4.78 is 1.93. The van der Waals surface area contributed by atoms with Crippen LogP contribution in [0.1, 0.15) is 24.1 Å². The summed E-state index contributed by atoms with van der Waals surface area (Å²) in [5.41, 5.74) is 2.35. The van der Waals surface area contributed by atoms with Gasteiger partial charge in [-0.15, -0.1) is 0 Å². The van der Waals surface area contributed by atoms with E-state index in [4.69, 9.17) is 11.6 Å². The third-order valence-corrected chi connectivity index (χ3v) is 4.71. The van der Waals surface area contributed by atoms with E-state index in [-0.39, 0.29) is 0 Å². The van der Waals surface area contributed by atoms with Gasteiger partial charge in [-0.3, -0.25) is 4.68 Å². The van der Waals surface area contributed by atoms with E-state index < -0.39 is 0 Å². The summed E-state index contributed by atoms with van der Waals surface area (Å²) in [6, 6.07) is 4.50. The molecule has 4 nitrogen and oxygen atoms in total. The van der Waals surface area contributed by atoms with Gasteiger partial charge in [0.1, 0.15) is 10.1 Å². The predicted octanol–water partition coefficient (Wildman–Crippen LogP) is 3.18. The number of hydrogen-bond donors (Lipinski definition) is 1. The molecule has 0 atom stereocenters. The molecule has 1 aliphatic rings. The van der Waals surface area contributed by atoms with Crippen molar-refractivity contribution in [3.05, 3.63) is 34.6 Å². The molecule has 6 heteroatoms. The van der Waals surface area contributed by atoms with Gasteiger partial charge in [-0.25, -0.2) is 4.98 Å². The zero-order valence-electron chi connectivity index (χ0n) is 11.6. The lowest BCUT2D eigenvalue weighted by atomic mass is 10.2. The maximum Gasteiger partial charge on any atom is 0.105 e. The number of aromatic nitrogens is 3. The van der Waals surface area contributed by atoms with Crippen molar-refractivity contribution in [2.45, 2.75) is 42.4 Å². The molecule has 1 N–H and O–H groups in total. The van der Waals surface area contributed by atoms with Gasteiger partial charge in [0.15, 0.2) is 0 Å². The van der Waals surface area contributed by atoms with Crippen LogP contribution in [0.2, 0.25) is 5.02 Å². The standard InChI is InChI=1S/C14H17ClN4S/c1-9-12(8-16-11-4-5-11)14(19(2)18-9)20-13-6-3-10(15)7-17-13/h3,6-7,11,16H,4-5,8H2,1-2H3. The molecule has 3 rings (SSSR count). The molecule has 106 valence electrons. The molecule has 2 heterocycles. The fraction of sp³-hybridized carbons (Fsp3) is 0.429. The van der Waals surface area contributed by atoms with Crippen molar-refractivity contribution in [1.82, 2.24) is 20.1 Å². The Bertz CT molecular complexity index is 604. The number of pyridine rings is 1. The van der Waals surface area contributed by atoms with E-state index in [0.717, 1.165) is 22.3 Å². The number of rotatable bonds is 5. The molecule has 0 amide bonds. The molecule has 20 heavy (non-hydrogen) atoms. The quantitative estimate of drug-likeness (QED) is 0.921. The molecule has 0 bridgehead atoms. The number of hydrogen-bond acceptors (Lipinski definition) is 4. The Hall–Kier alpha value is -1.04. The van der Waals surface area contributed by atoms with Gasteiger partial charge in [-0.05, 0) is 31.9 Å². The van der Waals surface area contributed by atoms with Gasteiger partial charge >= 0.3 is 0 Å². The number of aryl methyl sites for hydroxylation is 2. The Labute approximate surface area is 127 Å². The molecular formula is C14H17ClN4S. The van der Waals surface area contributed by atoms with E-state index in [2.05, 4.69) is 22.3 Å². The Balaban J connectivity index is 1.81. The first-order chi connectivity index (χ1) is 9.63. The highest BCUT2D eigenvalue weighted by atomic mass is 35.5. The average Bonchev–Trinajstić information content (AvgIpc) is 3.19. The molecule has 0 aliphatic heterocycles. The second kappa shape index (κ2) is 5.76. The van der Waals surface area contributed by atoms with Crippen molar-refractivity contribution in [3.8, 4) is 0 Å². The van der Waals surface area contributed by atoms with Crippen LogP contribution in [0.15, 0.2) is 28.4 Å². The van der Waals surface area contributed by atoms with Crippen molar-refractivity contribution in [2.24, 2.45) is 7.05 Å². The van der Waals surface area contributed by atoms with Crippen molar-refractivity contribution in [1.29, 1.82) is 0 Å². The molecular weight excluding hydrogens is 292 g/mol. The average molecular weight is 309 g/mol. The first-order valence-corrected chi connectivity index (χ1v) is 7.88. The topological polar surface area (TPSA) is 42.7 Å². The van der Waals surface area contributed by atoms with Crippen molar-refractivity contribution in [3.63, 3.8) is 0 Å². The lowest BCUT2D eigenvalue weighted by Crippen LogP contribution is -2.16. The summed E-state index contributed by atoms with van der Waals surface area (Å²) in [5.74, 6) is 0. The van der Waals surface area contributed by atoms with Crippen LogP contribution in [-0.2, 0) is 13.6 Å². The maximum atomic E-state index is 5.87. The van der Waals surface area contributed by atoms with Gasteiger partial charge in [0.05, 0.1) is 10.7 Å². The Kier molecular flexibility index (Phi) is 4.01. The van der Waals surface area contributed by atoms with Crippen LogP contribution in [0.5, 0.6) is 0 Å². The third-order valence-electron chi connectivity index (χ3n) is 3.34. The summed E-state index contributed by atoms with van der Waals surface area (Å²) >= 11 is 7.51. The first-order valence-electron chi connectivity index (χ1n) is 6.69. The molecule has 0 radical (unpaired) electrons. The highest BCUT2D eigenvalue weighted by Crippen LogP contribution is 2.31. The Morgan fingerprint density at radius 1 is 1.45 bits per heavy atom. The van der Waals surface area contributed by atoms with Gasteiger partial charge in [-0.2, -0.15) is 5.10 Å². The largest absolute Gasteiger partial charge is 0.310 e. The minimum Gasteiger partial charge on any atom is -0.310 e. The molecule has 0 unspecified atom stereocenters. The predicted molar refractivity (Wildman–Crippen MR) is 81.2 cm³/mol. The number of halogens is 1. The van der Waals surface area contributed by atoms with Crippen LogP contribution in [0.4, 0.5) is 0 Å². The van der Waals surface area contributed by atoms with Crippen molar-refractivity contribution >= 4 is 23.4 Å². The van der Waals surface area contributed by atoms with Gasteiger partial charge in [0, 0.05) is 31.4 Å². The monoisotopic (exact) mass is 308 g/mol. The summed E-state index contributed by atoms with van der Waals surface area (Å²) in [6.07, 6.45) is 4.26. The van der Waals surface area contributed by atoms with E-state index in [1.165, 1.54) is 18.4 Å². The lowest BCUT2D eigenvalue weighted by molar-refractivity contribution is 0.658. The van der Waals surface area contributed by atoms with Crippen LogP contribution >= 0.6 is 23.4 Å². The highest BCUT2D eigenvalue weighted by molar-refractivity contribution is 7.99. The van der Waals surface area contributed by atoms with Gasteiger partial charge in [-0.1, -0.05) is 23.4 Å². The first kappa shape index (κ1) is 13.9. The maximum absolute atomic E-state index is 5.87. The zero-order chi connectivity index (χ0) is 14.1. The fourth-order valence-electron chi connectivity index (χ4n) is 2.07. The van der Waals surface area contributed by atoms with E-state index in [1.807, 2.05) is 23.9 Å². The van der Waals surface area contributed by atoms with Crippen LogP contribution in [-0.4, -0.2) is 20.8 Å². The molecule has 1 fully saturated rings. The molecule has 0 saturated heterocycles. The second-order valence-electron chi connectivity index (χ2n) is 5.06. The van der Waals surface area contributed by atoms with Crippen LogP contribution in [0.25, 0.3) is 0 Å². The normalized spacial score (nSPS) is 14.8. The van der Waals surface area contributed by atoms with Crippen LogP contribution in [0.3, 0.4) is 0 Å². The van der Waals surface area contributed by atoms with Gasteiger partial charge in [0.25, 0.3) is 0 Å². The molecule has 0 aromatic carbocycles. The minimum atomic E-state index is 0.658. The van der Waals surface area contributed by atoms with E-state index in [0.29, 0.717) is 11.1 Å². The summed E-state index contributed by atoms with van der Waals surface area (Å²) in [6.45, 7) is 2.93. The molecule has 0 spiro atoms. The smallest absolute Gasteiger partial charge is 0.105 e. The molecule has 1 saturated carbocycles. The summed E-state index contributed by atoms with van der Waals surface area (Å²) in [4.78, 5) is 4.34. The number of nitrogens with zero attached hydrogens (tertiary/aromatic N) is 3.